The molecule has 2 aliphatic carbocycles. The number of hydrogen-bond donors (Lipinski definition) is 1. The highest BCUT2D eigenvalue weighted by atomic mass is 16.5. The van der Waals surface area contributed by atoms with Crippen molar-refractivity contribution in [3.8, 4) is 0 Å². The van der Waals surface area contributed by atoms with Crippen molar-refractivity contribution in [1.82, 2.24) is 15.1 Å². The van der Waals surface area contributed by atoms with Crippen LogP contribution in [0.5, 0.6) is 0 Å². The summed E-state index contributed by atoms with van der Waals surface area (Å²) >= 11 is 0. The smallest absolute Gasteiger partial charge is 0.113 e. The molecule has 2 fully saturated rings. The first-order valence-corrected chi connectivity index (χ1v) is 10.5. The lowest BCUT2D eigenvalue weighted by atomic mass is 9.99. The summed E-state index contributed by atoms with van der Waals surface area (Å²) in [5, 5.41) is 3.77. The van der Waals surface area contributed by atoms with Gasteiger partial charge in [0.1, 0.15) is 6.61 Å². The van der Waals surface area contributed by atoms with Gasteiger partial charge < -0.3 is 15.0 Å². The molecular weight excluding hydrogens is 334 g/mol. The van der Waals surface area contributed by atoms with Crippen LogP contribution in [0.15, 0.2) is 53.8 Å². The van der Waals surface area contributed by atoms with Crippen molar-refractivity contribution in [2.24, 2.45) is 5.92 Å². The molecule has 146 valence electrons. The van der Waals surface area contributed by atoms with Crippen LogP contribution in [0.4, 0.5) is 0 Å². The molecule has 0 aromatic heterocycles. The molecule has 1 heterocycles. The lowest BCUT2D eigenvalue weighted by Gasteiger charge is -2.32. The second kappa shape index (κ2) is 9.05. The molecule has 1 aliphatic heterocycles. The first-order chi connectivity index (χ1) is 13.3. The standard InChI is InChI=1S/C23H33N3O/c1-25-13-15-26(16-14-25)12-11-24-23-17-22(23)20-7-9-21(10-8-20)27-18-19-5-3-2-4-6-19/h2-7,9,22-24H,8,10-18H2,1H3/t22?,23-/m0/s1. The first-order valence-electron chi connectivity index (χ1n) is 10.5. The summed E-state index contributed by atoms with van der Waals surface area (Å²) in [5.74, 6) is 1.88. The SMILES string of the molecule is CN1CCN(CCN[C@H]2CC2C2=CC=C(OCc3ccccc3)CC2)CC1. The van der Waals surface area contributed by atoms with E-state index in [0.717, 1.165) is 31.1 Å². The second-order valence-corrected chi connectivity index (χ2v) is 8.20. The number of rotatable bonds is 8. The van der Waals surface area contributed by atoms with Gasteiger partial charge in [0.2, 0.25) is 0 Å². The molecule has 1 aromatic carbocycles. The van der Waals surface area contributed by atoms with Crippen molar-refractivity contribution in [2.45, 2.75) is 31.9 Å². The highest BCUT2D eigenvalue weighted by Gasteiger charge is 2.39. The van der Waals surface area contributed by atoms with Gasteiger partial charge in [0.05, 0.1) is 5.76 Å². The quantitative estimate of drug-likeness (QED) is 0.764. The van der Waals surface area contributed by atoms with E-state index in [1.54, 1.807) is 5.57 Å². The first kappa shape index (κ1) is 18.7. The van der Waals surface area contributed by atoms with E-state index < -0.39 is 0 Å². The van der Waals surface area contributed by atoms with Crippen LogP contribution in [0.3, 0.4) is 0 Å². The fourth-order valence-corrected chi connectivity index (χ4v) is 4.12. The summed E-state index contributed by atoms with van der Waals surface area (Å²) in [7, 11) is 2.22. The zero-order chi connectivity index (χ0) is 18.5. The minimum Gasteiger partial charge on any atom is -0.493 e. The van der Waals surface area contributed by atoms with Gasteiger partial charge in [-0.15, -0.1) is 0 Å². The maximum Gasteiger partial charge on any atom is 0.113 e. The number of nitrogens with zero attached hydrogens (tertiary/aromatic N) is 2. The third-order valence-corrected chi connectivity index (χ3v) is 6.11. The molecule has 1 unspecified atom stereocenters. The molecule has 27 heavy (non-hydrogen) atoms. The van der Waals surface area contributed by atoms with Gasteiger partial charge in [-0.2, -0.15) is 0 Å². The summed E-state index contributed by atoms with van der Waals surface area (Å²) in [6.07, 6.45) is 8.02. The lowest BCUT2D eigenvalue weighted by molar-refractivity contribution is 0.154. The maximum atomic E-state index is 5.98. The van der Waals surface area contributed by atoms with Gasteiger partial charge in [0, 0.05) is 51.7 Å². The molecular formula is C23H33N3O. The Labute approximate surface area is 163 Å². The minimum atomic E-state index is 0.676. The number of allylic oxidation sites excluding steroid dienone is 3. The number of nitrogens with one attached hydrogen (secondary N) is 1. The molecule has 0 amide bonds. The number of hydrogen-bond acceptors (Lipinski definition) is 4. The zero-order valence-electron chi connectivity index (χ0n) is 16.6. The van der Waals surface area contributed by atoms with E-state index >= 15 is 0 Å². The normalized spacial score (nSPS) is 26.4. The van der Waals surface area contributed by atoms with Crippen LogP contribution >= 0.6 is 0 Å². The Morgan fingerprint density at radius 2 is 1.85 bits per heavy atom. The van der Waals surface area contributed by atoms with Crippen LogP contribution in [-0.2, 0) is 11.3 Å². The summed E-state index contributed by atoms with van der Waals surface area (Å²) < 4.78 is 5.98. The van der Waals surface area contributed by atoms with Crippen LogP contribution in [-0.4, -0.2) is 62.2 Å². The van der Waals surface area contributed by atoms with E-state index in [1.165, 1.54) is 44.7 Å². The maximum absolute atomic E-state index is 5.98. The van der Waals surface area contributed by atoms with Gasteiger partial charge in [-0.3, -0.25) is 4.90 Å². The van der Waals surface area contributed by atoms with E-state index in [-0.39, 0.29) is 0 Å². The van der Waals surface area contributed by atoms with Gasteiger partial charge in [0.15, 0.2) is 0 Å². The van der Waals surface area contributed by atoms with Gasteiger partial charge in [-0.25, -0.2) is 0 Å². The van der Waals surface area contributed by atoms with Gasteiger partial charge in [0.25, 0.3) is 0 Å². The summed E-state index contributed by atoms with van der Waals surface area (Å²) in [5.41, 5.74) is 2.85. The van der Waals surface area contributed by atoms with Crippen molar-refractivity contribution < 1.29 is 4.74 Å². The average molecular weight is 368 g/mol. The topological polar surface area (TPSA) is 27.7 Å². The Balaban J connectivity index is 1.15. The Morgan fingerprint density at radius 3 is 2.59 bits per heavy atom. The molecule has 4 nitrogen and oxygen atoms in total. The van der Waals surface area contributed by atoms with Gasteiger partial charge in [-0.05, 0) is 37.4 Å². The van der Waals surface area contributed by atoms with Crippen molar-refractivity contribution in [2.75, 3.05) is 46.3 Å². The molecule has 0 radical (unpaired) electrons. The fourth-order valence-electron chi connectivity index (χ4n) is 4.12. The Hall–Kier alpha value is -1.62. The third kappa shape index (κ3) is 5.44. The minimum absolute atomic E-state index is 0.676. The molecule has 0 bridgehead atoms. The number of benzene rings is 1. The highest BCUT2D eigenvalue weighted by molar-refractivity contribution is 5.28. The molecule has 1 N–H and O–H groups in total. The number of piperazine rings is 1. The van der Waals surface area contributed by atoms with Crippen molar-refractivity contribution >= 4 is 0 Å². The van der Waals surface area contributed by atoms with E-state index in [4.69, 9.17) is 4.74 Å². The lowest BCUT2D eigenvalue weighted by Crippen LogP contribution is -2.46. The third-order valence-electron chi connectivity index (χ3n) is 6.11. The molecule has 3 aliphatic rings. The summed E-state index contributed by atoms with van der Waals surface area (Å²) in [6, 6.07) is 11.1. The van der Waals surface area contributed by atoms with Crippen molar-refractivity contribution in [3.63, 3.8) is 0 Å². The zero-order valence-corrected chi connectivity index (χ0v) is 16.6. The van der Waals surface area contributed by atoms with Crippen LogP contribution in [0.2, 0.25) is 0 Å². The van der Waals surface area contributed by atoms with Crippen molar-refractivity contribution in [3.05, 3.63) is 59.4 Å². The summed E-state index contributed by atoms with van der Waals surface area (Å²) in [6.45, 7) is 7.84. The fraction of sp³-hybridized carbons (Fsp3) is 0.565. The molecule has 1 saturated carbocycles. The number of likely N-dealkylation sites (N-methyl/N-ethyl adjacent to an activating group) is 1. The van der Waals surface area contributed by atoms with E-state index in [2.05, 4.69) is 58.6 Å². The molecule has 1 aromatic rings. The van der Waals surface area contributed by atoms with E-state index in [1.807, 2.05) is 6.07 Å². The van der Waals surface area contributed by atoms with Gasteiger partial charge >= 0.3 is 0 Å². The Morgan fingerprint density at radius 1 is 1.04 bits per heavy atom. The van der Waals surface area contributed by atoms with Crippen LogP contribution in [0.25, 0.3) is 0 Å². The molecule has 2 atom stereocenters. The monoisotopic (exact) mass is 367 g/mol. The second-order valence-electron chi connectivity index (χ2n) is 8.20. The summed E-state index contributed by atoms with van der Waals surface area (Å²) in [4.78, 5) is 5.01. The van der Waals surface area contributed by atoms with E-state index in [9.17, 15) is 0 Å². The highest BCUT2D eigenvalue weighted by Crippen LogP contribution is 2.41. The number of ether oxygens (including phenoxy) is 1. The van der Waals surface area contributed by atoms with Gasteiger partial charge in [-0.1, -0.05) is 42.0 Å². The predicted molar refractivity (Wildman–Crippen MR) is 110 cm³/mol. The largest absolute Gasteiger partial charge is 0.493 e. The average Bonchev–Trinajstić information content (AvgIpc) is 3.49. The van der Waals surface area contributed by atoms with E-state index in [0.29, 0.717) is 12.6 Å². The molecule has 4 rings (SSSR count). The van der Waals surface area contributed by atoms with Crippen molar-refractivity contribution in [1.29, 1.82) is 0 Å². The Kier molecular flexibility index (Phi) is 6.28. The van der Waals surface area contributed by atoms with Crippen LogP contribution < -0.4 is 5.32 Å². The molecule has 1 saturated heterocycles. The van der Waals surface area contributed by atoms with Crippen LogP contribution in [0.1, 0.15) is 24.8 Å². The van der Waals surface area contributed by atoms with Crippen LogP contribution in [0, 0.1) is 5.92 Å². The predicted octanol–water partition coefficient (Wildman–Crippen LogP) is 3.03. The Bertz CT molecular complexity index is 661. The molecule has 4 heteroatoms. The molecule has 0 spiro atoms.